The van der Waals surface area contributed by atoms with Crippen LogP contribution in [-0.4, -0.2) is 111 Å². The Kier molecular flexibility index (Phi) is 8.71. The predicted molar refractivity (Wildman–Crippen MR) is 142 cm³/mol. The van der Waals surface area contributed by atoms with Crippen LogP contribution in [-0.2, 0) is 14.2 Å². The highest BCUT2D eigenvalue weighted by atomic mass is 16.8. The maximum atomic E-state index is 13.2. The van der Waals surface area contributed by atoms with Crippen LogP contribution in [0.15, 0.2) is 51.9 Å². The van der Waals surface area contributed by atoms with Crippen molar-refractivity contribution in [2.45, 2.75) is 68.3 Å². The van der Waals surface area contributed by atoms with Crippen molar-refractivity contribution in [3.63, 3.8) is 0 Å². The Morgan fingerprint density at radius 3 is 2.24 bits per heavy atom. The molecule has 3 aromatic rings. The van der Waals surface area contributed by atoms with E-state index in [0.29, 0.717) is 11.3 Å². The highest BCUT2D eigenvalue weighted by Gasteiger charge is 2.51. The van der Waals surface area contributed by atoms with Crippen molar-refractivity contribution in [1.82, 2.24) is 0 Å². The second-order valence-electron chi connectivity index (χ2n) is 10.1. The third-order valence-corrected chi connectivity index (χ3v) is 7.45. The Morgan fingerprint density at radius 2 is 1.57 bits per heavy atom. The van der Waals surface area contributed by atoms with Gasteiger partial charge in [-0.2, -0.15) is 0 Å². The van der Waals surface area contributed by atoms with Crippen molar-refractivity contribution in [2.24, 2.45) is 0 Å². The van der Waals surface area contributed by atoms with Crippen LogP contribution in [0.3, 0.4) is 0 Å². The van der Waals surface area contributed by atoms with Crippen molar-refractivity contribution in [2.75, 3.05) is 13.7 Å². The van der Waals surface area contributed by atoms with Crippen molar-refractivity contribution >= 4 is 11.0 Å². The number of hydrogen-bond donors (Lipinski definition) is 7. The Bertz CT molecular complexity index is 1440. The van der Waals surface area contributed by atoms with Gasteiger partial charge in [0.15, 0.2) is 23.7 Å². The summed E-state index contributed by atoms with van der Waals surface area (Å²) in [6, 6.07) is 9.33. The molecule has 2 aliphatic heterocycles. The summed E-state index contributed by atoms with van der Waals surface area (Å²) in [6.07, 6.45) is -14.2. The number of aromatic hydroxyl groups is 1. The number of rotatable bonds is 7. The molecule has 14 nitrogen and oxygen atoms in total. The number of phenols is 1. The number of hydrogen-bond acceptors (Lipinski definition) is 14. The first-order chi connectivity index (χ1) is 20.0. The summed E-state index contributed by atoms with van der Waals surface area (Å²) in [6.45, 7) is 0.706. The molecule has 42 heavy (non-hydrogen) atoms. The topological polar surface area (TPSA) is 218 Å². The largest absolute Gasteiger partial charge is 0.502 e. The van der Waals surface area contributed by atoms with Crippen LogP contribution in [0.4, 0.5) is 0 Å². The summed E-state index contributed by atoms with van der Waals surface area (Å²) in [5, 5.41) is 72.4. The molecular weight excluding hydrogens is 560 g/mol. The molecule has 2 fully saturated rings. The molecule has 0 spiro atoms. The molecule has 2 aliphatic rings. The van der Waals surface area contributed by atoms with Crippen LogP contribution in [0.5, 0.6) is 17.2 Å². The van der Waals surface area contributed by atoms with Crippen LogP contribution in [0, 0.1) is 0 Å². The van der Waals surface area contributed by atoms with E-state index in [1.807, 2.05) is 0 Å². The zero-order valence-electron chi connectivity index (χ0n) is 22.5. The predicted octanol–water partition coefficient (Wildman–Crippen LogP) is -0.795. The Balaban J connectivity index is 1.45. The minimum Gasteiger partial charge on any atom is -0.502 e. The fourth-order valence-corrected chi connectivity index (χ4v) is 4.93. The lowest BCUT2D eigenvalue weighted by Gasteiger charge is -2.45. The third kappa shape index (κ3) is 5.44. The molecule has 0 bridgehead atoms. The van der Waals surface area contributed by atoms with E-state index in [0.717, 1.165) is 0 Å². The number of aliphatic hydroxyl groups is 6. The van der Waals surface area contributed by atoms with Gasteiger partial charge in [-0.05, 0) is 36.8 Å². The Hall–Kier alpha value is -3.31. The van der Waals surface area contributed by atoms with Gasteiger partial charge in [0.2, 0.25) is 17.5 Å². The van der Waals surface area contributed by atoms with Crippen LogP contribution < -0.4 is 14.9 Å². The standard InChI is InChI=1S/C28H32O14/c1-11-18(30)22(34)24(36)27(39-11)42-26-23(35)20(32)17(9-29)41-28(26)40-16-8-7-14-19(31)15(10-38-25(14)21(16)33)12-3-5-13(37-2)6-4-12/h3-8,10-11,17-18,20,22-24,26-30,32-36H,9H2,1-2H3/t11?,17?,18-,20+,22-,23-,24?,26?,27-,28+/m0/s1. The average Bonchev–Trinajstić information content (AvgIpc) is 2.99. The summed E-state index contributed by atoms with van der Waals surface area (Å²) in [5.74, 6) is -0.254. The second kappa shape index (κ2) is 12.1. The van der Waals surface area contributed by atoms with Gasteiger partial charge in [-0.25, -0.2) is 0 Å². The van der Waals surface area contributed by atoms with Gasteiger partial charge in [-0.15, -0.1) is 0 Å². The number of phenolic OH excluding ortho intramolecular Hbond substituents is 1. The lowest BCUT2D eigenvalue weighted by atomic mass is 9.97. The summed E-state index contributed by atoms with van der Waals surface area (Å²) in [4.78, 5) is 13.2. The molecule has 228 valence electrons. The molecule has 0 saturated carbocycles. The number of benzene rings is 2. The van der Waals surface area contributed by atoms with Crippen LogP contribution >= 0.6 is 0 Å². The quantitative estimate of drug-likeness (QED) is 0.179. The molecule has 10 atom stereocenters. The molecule has 14 heteroatoms. The van der Waals surface area contributed by atoms with Gasteiger partial charge in [0.05, 0.1) is 30.8 Å². The van der Waals surface area contributed by atoms with E-state index in [2.05, 4.69) is 0 Å². The number of fused-ring (bicyclic) bond motifs is 1. The maximum Gasteiger partial charge on any atom is 0.229 e. The zero-order valence-corrected chi connectivity index (χ0v) is 22.5. The van der Waals surface area contributed by atoms with Crippen molar-refractivity contribution in [3.05, 3.63) is 52.9 Å². The van der Waals surface area contributed by atoms with Gasteiger partial charge in [-0.1, -0.05) is 12.1 Å². The molecule has 4 unspecified atom stereocenters. The minimum absolute atomic E-state index is 0.0366. The summed E-state index contributed by atoms with van der Waals surface area (Å²) in [7, 11) is 1.52. The van der Waals surface area contributed by atoms with Crippen molar-refractivity contribution in [1.29, 1.82) is 0 Å². The summed E-state index contributed by atoms with van der Waals surface area (Å²) >= 11 is 0. The molecular formula is C28H32O14. The van der Waals surface area contributed by atoms with E-state index in [1.165, 1.54) is 32.4 Å². The maximum absolute atomic E-state index is 13.2. The minimum atomic E-state index is -1.76. The highest BCUT2D eigenvalue weighted by Crippen LogP contribution is 2.38. The Labute approximate surface area is 238 Å². The Morgan fingerprint density at radius 1 is 0.857 bits per heavy atom. The van der Waals surface area contributed by atoms with Gasteiger partial charge in [0.1, 0.15) is 48.6 Å². The highest BCUT2D eigenvalue weighted by molar-refractivity contribution is 5.87. The monoisotopic (exact) mass is 592 g/mol. The molecule has 5 rings (SSSR count). The van der Waals surface area contributed by atoms with Gasteiger partial charge < -0.3 is 63.8 Å². The number of ether oxygens (including phenoxy) is 5. The van der Waals surface area contributed by atoms with E-state index in [-0.39, 0.29) is 22.3 Å². The smallest absolute Gasteiger partial charge is 0.229 e. The molecule has 2 aromatic carbocycles. The molecule has 0 radical (unpaired) electrons. The number of aliphatic hydroxyl groups excluding tert-OH is 6. The molecule has 3 heterocycles. The molecule has 1 aromatic heterocycles. The zero-order chi connectivity index (χ0) is 30.3. The molecule has 0 amide bonds. The second-order valence-corrected chi connectivity index (χ2v) is 10.1. The molecule has 2 saturated heterocycles. The van der Waals surface area contributed by atoms with E-state index in [9.17, 15) is 40.5 Å². The van der Waals surface area contributed by atoms with E-state index >= 15 is 0 Å². The molecule has 0 aliphatic carbocycles. The third-order valence-electron chi connectivity index (χ3n) is 7.45. The lowest BCUT2D eigenvalue weighted by molar-refractivity contribution is -0.354. The lowest BCUT2D eigenvalue weighted by Crippen LogP contribution is -2.64. The first-order valence-electron chi connectivity index (χ1n) is 13.1. The van der Waals surface area contributed by atoms with Crippen LogP contribution in [0.25, 0.3) is 22.1 Å². The van der Waals surface area contributed by atoms with Gasteiger partial charge >= 0.3 is 0 Å². The first kappa shape index (κ1) is 30.2. The SMILES string of the molecule is COc1ccc(-c2coc3c(O)c(O[C@@H]4OC(CO)[C@@H](O)[C@H](O)C4O[C@@H]4OC(C)[C@H](O)[C@H](O)C4O)ccc3c2=O)cc1. The van der Waals surface area contributed by atoms with E-state index in [4.69, 9.17) is 28.1 Å². The van der Waals surface area contributed by atoms with Crippen molar-refractivity contribution < 1.29 is 63.8 Å². The molecule has 7 N–H and O–H groups in total. The summed E-state index contributed by atoms with van der Waals surface area (Å²) in [5.41, 5.74) is 0.149. The average molecular weight is 593 g/mol. The summed E-state index contributed by atoms with van der Waals surface area (Å²) < 4.78 is 33.2. The van der Waals surface area contributed by atoms with Gasteiger partial charge in [0, 0.05) is 0 Å². The normalized spacial score (nSPS) is 33.4. The van der Waals surface area contributed by atoms with E-state index < -0.39 is 79.2 Å². The number of methoxy groups -OCH3 is 1. The van der Waals surface area contributed by atoms with Gasteiger partial charge in [0.25, 0.3) is 0 Å². The van der Waals surface area contributed by atoms with E-state index in [1.54, 1.807) is 24.3 Å². The fourth-order valence-electron chi connectivity index (χ4n) is 4.93. The van der Waals surface area contributed by atoms with Gasteiger partial charge in [-0.3, -0.25) is 4.79 Å². The first-order valence-corrected chi connectivity index (χ1v) is 13.1. The fraction of sp³-hybridized carbons (Fsp3) is 0.464. The van der Waals surface area contributed by atoms with Crippen LogP contribution in [0.1, 0.15) is 6.92 Å². The van der Waals surface area contributed by atoms with Crippen LogP contribution in [0.2, 0.25) is 0 Å². The van der Waals surface area contributed by atoms with Crippen molar-refractivity contribution in [3.8, 4) is 28.4 Å².